The molecule has 100 valence electrons. The van der Waals surface area contributed by atoms with Gasteiger partial charge in [-0.3, -0.25) is 5.41 Å². The molecule has 3 nitrogen and oxygen atoms in total. The van der Waals surface area contributed by atoms with Gasteiger partial charge in [0.15, 0.2) is 5.96 Å². The highest BCUT2D eigenvalue weighted by Gasteiger charge is 2.48. The summed E-state index contributed by atoms with van der Waals surface area (Å²) in [5.41, 5.74) is 0.587. The third-order valence-electron chi connectivity index (χ3n) is 6.26. The van der Waals surface area contributed by atoms with Gasteiger partial charge in [0.05, 0.1) is 0 Å². The lowest BCUT2D eigenvalue weighted by molar-refractivity contribution is 0.344. The summed E-state index contributed by atoms with van der Waals surface area (Å²) >= 11 is 0. The Hall–Kier alpha value is -0.730. The molecule has 3 heteroatoms. The lowest BCUT2D eigenvalue weighted by Gasteiger charge is -2.34. The fraction of sp³-hybridized carbons (Fsp3) is 0.933. The van der Waals surface area contributed by atoms with Gasteiger partial charge in [0, 0.05) is 11.1 Å². The predicted molar refractivity (Wildman–Crippen MR) is 72.6 cm³/mol. The highest BCUT2D eigenvalue weighted by molar-refractivity contribution is 5.78. The number of nitrogens with one attached hydrogen (secondary N) is 3. The molecule has 0 radical (unpaired) electrons. The van der Waals surface area contributed by atoms with Gasteiger partial charge in [-0.2, -0.15) is 0 Å². The van der Waals surface area contributed by atoms with Crippen LogP contribution in [0.15, 0.2) is 0 Å². The summed E-state index contributed by atoms with van der Waals surface area (Å²) in [5.74, 6) is 2.52. The van der Waals surface area contributed by atoms with E-state index in [1.807, 2.05) is 0 Å². The average Bonchev–Trinajstić information content (AvgIpc) is 3.06. The Morgan fingerprint density at radius 2 is 1.17 bits per heavy atom. The van der Waals surface area contributed by atoms with E-state index in [0.29, 0.717) is 17.0 Å². The maximum absolute atomic E-state index is 8.29. The molecular formula is C15H25N3. The molecule has 0 aromatic rings. The molecule has 3 N–H and O–H groups in total. The summed E-state index contributed by atoms with van der Waals surface area (Å²) in [5, 5.41) is 15.4. The van der Waals surface area contributed by atoms with Crippen molar-refractivity contribution in [2.75, 3.05) is 0 Å². The molecule has 0 saturated heterocycles. The van der Waals surface area contributed by atoms with Crippen molar-refractivity contribution in [1.82, 2.24) is 10.6 Å². The summed E-state index contributed by atoms with van der Waals surface area (Å²) in [4.78, 5) is 0. The number of hydrogen-bond acceptors (Lipinski definition) is 1. The largest absolute Gasteiger partial charge is 0.351 e. The SMILES string of the molecule is N=C(NC12CCC(CC1)C2)NC12CCC(CC1)C2. The molecule has 4 rings (SSSR count). The van der Waals surface area contributed by atoms with Crippen LogP contribution in [0.1, 0.15) is 64.2 Å². The molecule has 0 aromatic carbocycles. The minimum atomic E-state index is 0.294. The second-order valence-electron chi connectivity index (χ2n) is 7.48. The van der Waals surface area contributed by atoms with Crippen LogP contribution in [0.2, 0.25) is 0 Å². The van der Waals surface area contributed by atoms with Crippen molar-refractivity contribution in [2.24, 2.45) is 11.8 Å². The minimum Gasteiger partial charge on any atom is -0.351 e. The quantitative estimate of drug-likeness (QED) is 0.519. The van der Waals surface area contributed by atoms with Crippen molar-refractivity contribution in [2.45, 2.75) is 75.3 Å². The molecule has 0 heterocycles. The fourth-order valence-electron chi connectivity index (χ4n) is 5.30. The smallest absolute Gasteiger partial charge is 0.189 e. The van der Waals surface area contributed by atoms with E-state index in [-0.39, 0.29) is 0 Å². The van der Waals surface area contributed by atoms with E-state index in [1.54, 1.807) is 0 Å². The predicted octanol–water partition coefficient (Wildman–Crippen LogP) is 2.77. The molecule has 0 atom stereocenters. The Labute approximate surface area is 110 Å². The van der Waals surface area contributed by atoms with Gasteiger partial charge < -0.3 is 10.6 Å². The van der Waals surface area contributed by atoms with E-state index >= 15 is 0 Å². The second kappa shape index (κ2) is 3.64. The first-order chi connectivity index (χ1) is 8.67. The van der Waals surface area contributed by atoms with Crippen molar-refractivity contribution < 1.29 is 0 Å². The number of hydrogen-bond donors (Lipinski definition) is 3. The molecule has 4 aliphatic rings. The van der Waals surface area contributed by atoms with Crippen LogP contribution in [-0.2, 0) is 0 Å². The monoisotopic (exact) mass is 247 g/mol. The van der Waals surface area contributed by atoms with Gasteiger partial charge in [-0.25, -0.2) is 0 Å². The average molecular weight is 247 g/mol. The Bertz CT molecular complexity index is 326. The van der Waals surface area contributed by atoms with E-state index in [2.05, 4.69) is 10.6 Å². The van der Waals surface area contributed by atoms with Crippen LogP contribution in [-0.4, -0.2) is 17.0 Å². The zero-order valence-electron chi connectivity index (χ0n) is 11.2. The van der Waals surface area contributed by atoms with Crippen molar-refractivity contribution in [1.29, 1.82) is 5.41 Å². The summed E-state index contributed by atoms with van der Waals surface area (Å²) in [6.45, 7) is 0. The molecule has 4 bridgehead atoms. The van der Waals surface area contributed by atoms with Crippen LogP contribution in [0.25, 0.3) is 0 Å². The first-order valence-corrected chi connectivity index (χ1v) is 7.82. The molecule has 4 aliphatic carbocycles. The Balaban J connectivity index is 1.39. The molecule has 0 amide bonds. The van der Waals surface area contributed by atoms with Crippen molar-refractivity contribution in [3.05, 3.63) is 0 Å². The van der Waals surface area contributed by atoms with Crippen LogP contribution in [0, 0.1) is 17.2 Å². The molecular weight excluding hydrogens is 222 g/mol. The molecule has 18 heavy (non-hydrogen) atoms. The summed E-state index contributed by atoms with van der Waals surface area (Å²) in [7, 11) is 0. The highest BCUT2D eigenvalue weighted by atomic mass is 15.2. The Morgan fingerprint density at radius 3 is 1.44 bits per heavy atom. The summed E-state index contributed by atoms with van der Waals surface area (Å²) < 4.78 is 0. The molecule has 0 unspecified atom stereocenters. The first kappa shape index (κ1) is 11.1. The van der Waals surface area contributed by atoms with Gasteiger partial charge in [-0.15, -0.1) is 0 Å². The lowest BCUT2D eigenvalue weighted by atomic mass is 9.93. The Kier molecular flexibility index (Phi) is 2.25. The standard InChI is InChI=1S/C15H25N3/c16-13(17-14-5-1-11(9-14)2-6-14)18-15-7-3-12(10-15)4-8-15/h11-12H,1-10H2,(H3,16,17,18). The minimum absolute atomic E-state index is 0.294. The second-order valence-corrected chi connectivity index (χ2v) is 7.48. The van der Waals surface area contributed by atoms with Gasteiger partial charge >= 0.3 is 0 Å². The molecule has 0 spiro atoms. The molecule has 4 fully saturated rings. The third-order valence-corrected chi connectivity index (χ3v) is 6.26. The van der Waals surface area contributed by atoms with Gasteiger partial charge in [0.25, 0.3) is 0 Å². The van der Waals surface area contributed by atoms with E-state index in [1.165, 1.54) is 64.2 Å². The zero-order valence-corrected chi connectivity index (χ0v) is 11.2. The summed E-state index contributed by atoms with van der Waals surface area (Å²) in [6, 6.07) is 0. The van der Waals surface area contributed by atoms with Gasteiger partial charge in [-0.1, -0.05) is 0 Å². The van der Waals surface area contributed by atoms with Crippen LogP contribution in [0.4, 0.5) is 0 Å². The first-order valence-electron chi connectivity index (χ1n) is 7.82. The van der Waals surface area contributed by atoms with Gasteiger partial charge in [-0.05, 0) is 76.0 Å². The highest BCUT2D eigenvalue weighted by Crippen LogP contribution is 2.49. The van der Waals surface area contributed by atoms with E-state index in [9.17, 15) is 0 Å². The van der Waals surface area contributed by atoms with E-state index in [0.717, 1.165) is 11.8 Å². The van der Waals surface area contributed by atoms with Crippen LogP contribution >= 0.6 is 0 Å². The number of fused-ring (bicyclic) bond motifs is 4. The number of guanidine groups is 1. The fourth-order valence-corrected chi connectivity index (χ4v) is 5.30. The molecule has 4 saturated carbocycles. The molecule has 0 aliphatic heterocycles. The summed E-state index contributed by atoms with van der Waals surface area (Å²) in [6.07, 6.45) is 13.3. The van der Waals surface area contributed by atoms with Gasteiger partial charge in [0.2, 0.25) is 0 Å². The lowest BCUT2D eigenvalue weighted by Crippen LogP contribution is -2.56. The van der Waals surface area contributed by atoms with Crippen molar-refractivity contribution in [3.63, 3.8) is 0 Å². The van der Waals surface area contributed by atoms with Crippen molar-refractivity contribution >= 4 is 5.96 Å². The topological polar surface area (TPSA) is 47.9 Å². The number of rotatable bonds is 2. The zero-order chi connectivity index (χ0) is 12.2. The molecule has 0 aromatic heterocycles. The maximum atomic E-state index is 8.29. The van der Waals surface area contributed by atoms with Crippen LogP contribution in [0.5, 0.6) is 0 Å². The van der Waals surface area contributed by atoms with E-state index < -0.39 is 0 Å². The van der Waals surface area contributed by atoms with Crippen LogP contribution in [0.3, 0.4) is 0 Å². The van der Waals surface area contributed by atoms with Gasteiger partial charge in [0.1, 0.15) is 0 Å². The van der Waals surface area contributed by atoms with Crippen molar-refractivity contribution in [3.8, 4) is 0 Å². The van der Waals surface area contributed by atoms with Crippen LogP contribution < -0.4 is 10.6 Å². The third kappa shape index (κ3) is 1.66. The Morgan fingerprint density at radius 1 is 0.778 bits per heavy atom. The normalized spacial score (nSPS) is 48.7. The maximum Gasteiger partial charge on any atom is 0.189 e. The van der Waals surface area contributed by atoms with E-state index in [4.69, 9.17) is 5.41 Å².